The van der Waals surface area contributed by atoms with Gasteiger partial charge in [-0.25, -0.2) is 13.1 Å². The smallest absolute Gasteiger partial charge is 0.255 e. The van der Waals surface area contributed by atoms with Gasteiger partial charge in [0.05, 0.1) is 11.2 Å². The van der Waals surface area contributed by atoms with Gasteiger partial charge < -0.3 is 0 Å². The maximum absolute atomic E-state index is 11.7. The summed E-state index contributed by atoms with van der Waals surface area (Å²) in [5.74, 6) is 0. The van der Waals surface area contributed by atoms with E-state index in [1.165, 1.54) is 17.9 Å². The van der Waals surface area contributed by atoms with Crippen LogP contribution in [0.3, 0.4) is 0 Å². The van der Waals surface area contributed by atoms with Crippen molar-refractivity contribution < 1.29 is 8.42 Å². The second-order valence-electron chi connectivity index (χ2n) is 2.90. The molecular formula is C8H12ClN3O2S. The third-order valence-electron chi connectivity index (χ3n) is 1.74. The lowest BCUT2D eigenvalue weighted by Crippen LogP contribution is -2.26. The van der Waals surface area contributed by atoms with Gasteiger partial charge in [0, 0.05) is 13.6 Å². The number of hydrogen-bond donors (Lipinski definition) is 1. The highest BCUT2D eigenvalue weighted by Gasteiger charge is 2.21. The minimum absolute atomic E-state index is 0.0202. The molecule has 0 unspecified atom stereocenters. The number of nitrogens with one attached hydrogen (secondary N) is 1. The Morgan fingerprint density at radius 1 is 1.73 bits per heavy atom. The Hall–Kier alpha value is -0.850. The lowest BCUT2D eigenvalue weighted by molar-refractivity contribution is 0.564. The molecule has 7 heteroatoms. The largest absolute Gasteiger partial charge is 0.259 e. The molecule has 0 saturated heterocycles. The van der Waals surface area contributed by atoms with Crippen LogP contribution in [-0.4, -0.2) is 24.7 Å². The van der Waals surface area contributed by atoms with Crippen molar-refractivity contribution in [2.24, 2.45) is 7.05 Å². The Bertz CT molecular complexity index is 433. The number of aryl methyl sites for hydroxylation is 1. The second-order valence-corrected chi connectivity index (χ2v) is 4.99. The molecule has 1 heterocycles. The fourth-order valence-corrected chi connectivity index (χ4v) is 2.76. The van der Waals surface area contributed by atoms with Gasteiger partial charge in [0.2, 0.25) is 0 Å². The third-order valence-corrected chi connectivity index (χ3v) is 3.70. The number of halogens is 1. The summed E-state index contributed by atoms with van der Waals surface area (Å²) in [5, 5.41) is 3.85. The molecule has 0 radical (unpaired) electrons. The van der Waals surface area contributed by atoms with E-state index in [0.717, 1.165) is 0 Å². The topological polar surface area (TPSA) is 64.0 Å². The number of hydrogen-bond acceptors (Lipinski definition) is 3. The van der Waals surface area contributed by atoms with Gasteiger partial charge in [-0.3, -0.25) is 4.68 Å². The van der Waals surface area contributed by atoms with E-state index >= 15 is 0 Å². The molecule has 0 spiro atoms. The number of nitrogens with zero attached hydrogens (tertiary/aromatic N) is 2. The van der Waals surface area contributed by atoms with E-state index in [2.05, 4.69) is 16.4 Å². The lowest BCUT2D eigenvalue weighted by Gasteiger charge is -2.05. The van der Waals surface area contributed by atoms with Crippen molar-refractivity contribution >= 4 is 21.6 Å². The first-order chi connectivity index (χ1) is 6.99. The van der Waals surface area contributed by atoms with E-state index in [9.17, 15) is 8.42 Å². The Morgan fingerprint density at radius 2 is 2.40 bits per heavy atom. The Morgan fingerprint density at radius 3 is 2.87 bits per heavy atom. The van der Waals surface area contributed by atoms with Crippen LogP contribution in [0, 0.1) is 0 Å². The molecule has 0 aliphatic heterocycles. The van der Waals surface area contributed by atoms with Crippen molar-refractivity contribution in [3.05, 3.63) is 23.9 Å². The zero-order valence-electron chi connectivity index (χ0n) is 8.27. The molecule has 1 N–H and O–H groups in total. The standard InChI is InChI=1S/C8H12ClN3O2S/c1-3-4-5-11-15(13,14)8-7(9)6-10-12(8)2/h3,6,11H,1,4-5H2,2H3. The van der Waals surface area contributed by atoms with E-state index in [-0.39, 0.29) is 10.0 Å². The molecule has 0 aliphatic rings. The van der Waals surface area contributed by atoms with Crippen LogP contribution in [0.25, 0.3) is 0 Å². The molecule has 0 amide bonds. The van der Waals surface area contributed by atoms with Crippen molar-refractivity contribution in [2.75, 3.05) is 6.54 Å². The molecule has 0 fully saturated rings. The van der Waals surface area contributed by atoms with E-state index in [0.29, 0.717) is 13.0 Å². The van der Waals surface area contributed by atoms with Gasteiger partial charge in [-0.1, -0.05) is 17.7 Å². The van der Waals surface area contributed by atoms with E-state index in [1.54, 1.807) is 6.08 Å². The van der Waals surface area contributed by atoms with Crippen LogP contribution >= 0.6 is 11.6 Å². The van der Waals surface area contributed by atoms with Crippen LogP contribution in [0.4, 0.5) is 0 Å². The summed E-state index contributed by atoms with van der Waals surface area (Å²) in [6, 6.07) is 0. The molecule has 1 aromatic rings. The van der Waals surface area contributed by atoms with Crippen molar-refractivity contribution in [1.29, 1.82) is 0 Å². The predicted molar refractivity (Wildman–Crippen MR) is 58.2 cm³/mol. The summed E-state index contributed by atoms with van der Waals surface area (Å²) in [7, 11) is -2.06. The summed E-state index contributed by atoms with van der Waals surface area (Å²) in [4.78, 5) is 0. The summed E-state index contributed by atoms with van der Waals surface area (Å²) in [6.07, 6.45) is 3.49. The van der Waals surface area contributed by atoms with Crippen LogP contribution < -0.4 is 4.72 Å². The molecule has 15 heavy (non-hydrogen) atoms. The molecule has 0 atom stereocenters. The van der Waals surface area contributed by atoms with E-state index in [1.807, 2.05) is 0 Å². The van der Waals surface area contributed by atoms with E-state index < -0.39 is 10.0 Å². The van der Waals surface area contributed by atoms with Crippen LogP contribution in [0.1, 0.15) is 6.42 Å². The van der Waals surface area contributed by atoms with Crippen LogP contribution in [0.5, 0.6) is 0 Å². The average Bonchev–Trinajstić information content (AvgIpc) is 2.46. The third kappa shape index (κ3) is 2.80. The molecule has 5 nitrogen and oxygen atoms in total. The van der Waals surface area contributed by atoms with Crippen molar-refractivity contribution in [3.8, 4) is 0 Å². The van der Waals surface area contributed by atoms with Gasteiger partial charge in [-0.2, -0.15) is 5.10 Å². The Kier molecular flexibility index (Phi) is 3.90. The molecule has 0 saturated carbocycles. The molecule has 0 aromatic carbocycles. The van der Waals surface area contributed by atoms with Crippen molar-refractivity contribution in [3.63, 3.8) is 0 Å². The maximum Gasteiger partial charge on any atom is 0.259 e. The zero-order chi connectivity index (χ0) is 11.5. The number of aromatic nitrogens is 2. The van der Waals surface area contributed by atoms with Gasteiger partial charge >= 0.3 is 0 Å². The summed E-state index contributed by atoms with van der Waals surface area (Å²) < 4.78 is 27.1. The van der Waals surface area contributed by atoms with Crippen molar-refractivity contribution in [1.82, 2.24) is 14.5 Å². The minimum atomic E-state index is -3.58. The first-order valence-corrected chi connectivity index (χ1v) is 6.13. The van der Waals surface area contributed by atoms with Gasteiger partial charge in [0.25, 0.3) is 10.0 Å². The normalized spacial score (nSPS) is 11.6. The highest BCUT2D eigenvalue weighted by molar-refractivity contribution is 7.89. The maximum atomic E-state index is 11.7. The summed E-state index contributed by atoms with van der Waals surface area (Å²) >= 11 is 5.72. The first kappa shape index (κ1) is 12.2. The van der Waals surface area contributed by atoms with Gasteiger partial charge in [-0.05, 0) is 6.42 Å². The first-order valence-electron chi connectivity index (χ1n) is 4.27. The van der Waals surface area contributed by atoms with E-state index in [4.69, 9.17) is 11.6 Å². The molecular weight excluding hydrogens is 238 g/mol. The Labute approximate surface area is 93.8 Å². The second kappa shape index (κ2) is 4.78. The lowest BCUT2D eigenvalue weighted by atomic mass is 10.4. The molecule has 84 valence electrons. The molecule has 1 rings (SSSR count). The van der Waals surface area contributed by atoms with Gasteiger partial charge in [0.1, 0.15) is 0 Å². The number of sulfonamides is 1. The Balaban J connectivity index is 2.91. The summed E-state index contributed by atoms with van der Waals surface area (Å²) in [5.41, 5.74) is 0. The highest BCUT2D eigenvalue weighted by atomic mass is 35.5. The zero-order valence-corrected chi connectivity index (χ0v) is 9.85. The van der Waals surface area contributed by atoms with Crippen LogP contribution in [0.15, 0.2) is 23.9 Å². The predicted octanol–water partition coefficient (Wildman–Crippen LogP) is 0.928. The fourth-order valence-electron chi connectivity index (χ4n) is 1.07. The molecule has 0 aliphatic carbocycles. The summed E-state index contributed by atoms with van der Waals surface area (Å²) in [6.45, 7) is 3.80. The highest BCUT2D eigenvalue weighted by Crippen LogP contribution is 2.19. The molecule has 1 aromatic heterocycles. The van der Waals surface area contributed by atoms with Gasteiger partial charge in [0.15, 0.2) is 5.03 Å². The average molecular weight is 250 g/mol. The fraction of sp³-hybridized carbons (Fsp3) is 0.375. The van der Waals surface area contributed by atoms with Crippen LogP contribution in [0.2, 0.25) is 5.02 Å². The molecule has 0 bridgehead atoms. The SMILES string of the molecule is C=CCCNS(=O)(=O)c1c(Cl)cnn1C. The van der Waals surface area contributed by atoms with Gasteiger partial charge in [-0.15, -0.1) is 6.58 Å². The van der Waals surface area contributed by atoms with Crippen molar-refractivity contribution in [2.45, 2.75) is 11.4 Å². The van der Waals surface area contributed by atoms with Crippen LogP contribution in [-0.2, 0) is 17.1 Å². The monoisotopic (exact) mass is 249 g/mol. The minimum Gasteiger partial charge on any atom is -0.255 e. The number of rotatable bonds is 5. The quantitative estimate of drug-likeness (QED) is 0.624.